The van der Waals surface area contributed by atoms with Gasteiger partial charge in [-0.2, -0.15) is 16.1 Å². The zero-order chi connectivity index (χ0) is 19.3. The summed E-state index contributed by atoms with van der Waals surface area (Å²) in [5.41, 5.74) is 0. The van der Waals surface area contributed by atoms with Gasteiger partial charge in [0.15, 0.2) is 0 Å². The Balaban J connectivity index is 1.65. The van der Waals surface area contributed by atoms with E-state index in [0.29, 0.717) is 45.6 Å². The quantitative estimate of drug-likeness (QED) is 0.560. The van der Waals surface area contributed by atoms with Crippen LogP contribution in [0.4, 0.5) is 0 Å². The lowest BCUT2D eigenvalue weighted by Gasteiger charge is -2.35. The number of morpholine rings is 1. The molecule has 3 rings (SSSR count). The van der Waals surface area contributed by atoms with Crippen LogP contribution in [0, 0.1) is 0 Å². The van der Waals surface area contributed by atoms with Gasteiger partial charge in [-0.1, -0.05) is 0 Å². The Kier molecular flexibility index (Phi) is 7.55. The van der Waals surface area contributed by atoms with E-state index >= 15 is 0 Å². The van der Waals surface area contributed by atoms with Crippen molar-refractivity contribution < 1.29 is 22.7 Å². The van der Waals surface area contributed by atoms with Gasteiger partial charge in [0.05, 0.1) is 19.0 Å². The van der Waals surface area contributed by atoms with Crippen LogP contribution < -0.4 is 0 Å². The summed E-state index contributed by atoms with van der Waals surface area (Å²) in [6.07, 6.45) is 2.04. The first-order valence-corrected chi connectivity index (χ1v) is 12.4. The minimum absolute atomic E-state index is 0.0338. The first-order valence-electron chi connectivity index (χ1n) is 9.68. The van der Waals surface area contributed by atoms with Crippen LogP contribution in [-0.2, 0) is 24.3 Å². The molecular weight excluding hydrogens is 390 g/mol. The molecule has 0 spiro atoms. The average Bonchev–Trinajstić information content (AvgIpc) is 2.88. The van der Waals surface area contributed by atoms with Gasteiger partial charge in [-0.3, -0.25) is 19.4 Å². The van der Waals surface area contributed by atoms with Crippen LogP contribution in [0.1, 0.15) is 25.7 Å². The van der Waals surface area contributed by atoms with Crippen molar-refractivity contribution in [1.29, 1.82) is 0 Å². The fourth-order valence-corrected chi connectivity index (χ4v) is 6.57. The minimum Gasteiger partial charge on any atom is -0.379 e. The van der Waals surface area contributed by atoms with Crippen LogP contribution in [0.5, 0.6) is 0 Å². The molecule has 2 amide bonds. The lowest BCUT2D eigenvalue weighted by molar-refractivity contribution is -0.147. The molecule has 10 heteroatoms. The Hall–Kier alpha value is -0.680. The van der Waals surface area contributed by atoms with Gasteiger partial charge >= 0.3 is 0 Å². The molecule has 3 heterocycles. The number of sulfonamides is 1. The smallest absolute Gasteiger partial charge is 0.229 e. The molecular formula is C17H29N3O5S2. The van der Waals surface area contributed by atoms with E-state index in [9.17, 15) is 18.0 Å². The fourth-order valence-electron chi connectivity index (χ4n) is 3.77. The van der Waals surface area contributed by atoms with Crippen LogP contribution in [0.3, 0.4) is 0 Å². The first kappa shape index (κ1) is 21.0. The van der Waals surface area contributed by atoms with E-state index in [1.807, 2.05) is 0 Å². The van der Waals surface area contributed by atoms with Gasteiger partial charge in [0.2, 0.25) is 21.8 Å². The summed E-state index contributed by atoms with van der Waals surface area (Å²) in [5, 5.41) is 0. The van der Waals surface area contributed by atoms with E-state index in [-0.39, 0.29) is 30.2 Å². The number of nitrogens with zero attached hydrogens (tertiary/aromatic N) is 3. The maximum absolute atomic E-state index is 13.1. The van der Waals surface area contributed by atoms with Gasteiger partial charge in [0.25, 0.3) is 0 Å². The number of ether oxygens (including phenoxy) is 1. The lowest BCUT2D eigenvalue weighted by Crippen LogP contribution is -2.52. The Morgan fingerprint density at radius 2 is 1.74 bits per heavy atom. The number of imide groups is 1. The summed E-state index contributed by atoms with van der Waals surface area (Å²) >= 11 is 1.80. The Morgan fingerprint density at radius 1 is 1.04 bits per heavy atom. The van der Waals surface area contributed by atoms with Crippen molar-refractivity contribution in [3.05, 3.63) is 0 Å². The van der Waals surface area contributed by atoms with Crippen molar-refractivity contribution >= 4 is 33.6 Å². The largest absolute Gasteiger partial charge is 0.379 e. The molecule has 0 aliphatic carbocycles. The molecule has 0 bridgehead atoms. The van der Waals surface area contributed by atoms with Crippen molar-refractivity contribution in [3.8, 4) is 0 Å². The molecule has 3 aliphatic heterocycles. The van der Waals surface area contributed by atoms with Crippen molar-refractivity contribution in [1.82, 2.24) is 14.1 Å². The van der Waals surface area contributed by atoms with Crippen LogP contribution in [0.25, 0.3) is 0 Å². The first-order chi connectivity index (χ1) is 13.0. The van der Waals surface area contributed by atoms with E-state index in [1.54, 1.807) is 16.1 Å². The van der Waals surface area contributed by atoms with Crippen molar-refractivity contribution in [2.75, 3.05) is 63.2 Å². The predicted octanol–water partition coefficient (Wildman–Crippen LogP) is -0.00500. The SMILES string of the molecule is O=C1CCCC(=O)N1CCS(=O)(=O)N1CCCSCC1CN1CCOCC1. The number of amides is 2. The Bertz CT molecular complexity index is 620. The number of piperidine rings is 1. The number of carbonyl (C=O) groups excluding carboxylic acids is 2. The highest BCUT2D eigenvalue weighted by molar-refractivity contribution is 7.99. The Labute approximate surface area is 165 Å². The molecule has 0 radical (unpaired) electrons. The fraction of sp³-hybridized carbons (Fsp3) is 0.882. The second-order valence-electron chi connectivity index (χ2n) is 7.21. The highest BCUT2D eigenvalue weighted by Crippen LogP contribution is 2.22. The number of likely N-dealkylation sites (tertiary alicyclic amines) is 1. The van der Waals surface area contributed by atoms with Crippen LogP contribution in [0.15, 0.2) is 0 Å². The van der Waals surface area contributed by atoms with E-state index in [4.69, 9.17) is 4.74 Å². The third-order valence-corrected chi connectivity index (χ3v) is 8.36. The monoisotopic (exact) mass is 419 g/mol. The number of carbonyl (C=O) groups is 2. The molecule has 0 aromatic heterocycles. The van der Waals surface area contributed by atoms with E-state index in [1.165, 1.54) is 0 Å². The van der Waals surface area contributed by atoms with E-state index in [0.717, 1.165) is 35.9 Å². The van der Waals surface area contributed by atoms with Gasteiger partial charge in [0.1, 0.15) is 0 Å². The van der Waals surface area contributed by atoms with Crippen LogP contribution >= 0.6 is 11.8 Å². The van der Waals surface area contributed by atoms with E-state index in [2.05, 4.69) is 4.90 Å². The zero-order valence-corrected chi connectivity index (χ0v) is 17.3. The standard InChI is InChI=1S/C17H29N3O5S2/c21-16-3-1-4-17(22)19(16)8-12-27(23,24)20-5-2-11-26-14-15(20)13-18-6-9-25-10-7-18/h15H,1-14H2. The predicted molar refractivity (Wildman–Crippen MR) is 104 cm³/mol. The zero-order valence-electron chi connectivity index (χ0n) is 15.7. The molecule has 0 N–H and O–H groups in total. The Morgan fingerprint density at radius 3 is 2.44 bits per heavy atom. The molecule has 3 aliphatic rings. The molecule has 1 unspecified atom stereocenters. The molecule has 27 heavy (non-hydrogen) atoms. The highest BCUT2D eigenvalue weighted by Gasteiger charge is 2.34. The molecule has 3 fully saturated rings. The van der Waals surface area contributed by atoms with Crippen molar-refractivity contribution in [2.24, 2.45) is 0 Å². The topological polar surface area (TPSA) is 87.2 Å². The molecule has 0 aromatic carbocycles. The molecule has 8 nitrogen and oxygen atoms in total. The van der Waals surface area contributed by atoms with Crippen molar-refractivity contribution in [2.45, 2.75) is 31.7 Å². The molecule has 0 saturated carbocycles. The summed E-state index contributed by atoms with van der Waals surface area (Å²) in [6, 6.07) is -0.0756. The van der Waals surface area contributed by atoms with Crippen LogP contribution in [0.2, 0.25) is 0 Å². The number of rotatable bonds is 6. The second kappa shape index (κ2) is 9.69. The maximum Gasteiger partial charge on any atom is 0.229 e. The summed E-state index contributed by atoms with van der Waals surface area (Å²) in [6.45, 7) is 4.20. The van der Waals surface area contributed by atoms with Gasteiger partial charge in [-0.25, -0.2) is 8.42 Å². The third-order valence-electron chi connectivity index (χ3n) is 5.27. The van der Waals surface area contributed by atoms with Crippen molar-refractivity contribution in [3.63, 3.8) is 0 Å². The molecule has 0 aromatic rings. The summed E-state index contributed by atoms with van der Waals surface area (Å²) in [7, 11) is -3.54. The normalized spacial score (nSPS) is 27.0. The van der Waals surface area contributed by atoms with Gasteiger partial charge in [0, 0.05) is 57.4 Å². The highest BCUT2D eigenvalue weighted by atomic mass is 32.2. The van der Waals surface area contributed by atoms with E-state index < -0.39 is 10.0 Å². The molecule has 3 saturated heterocycles. The summed E-state index contributed by atoms with van der Waals surface area (Å²) in [5.74, 6) is 1.04. The second-order valence-corrected chi connectivity index (χ2v) is 10.4. The molecule has 1 atom stereocenters. The summed E-state index contributed by atoms with van der Waals surface area (Å²) < 4.78 is 33.2. The maximum atomic E-state index is 13.1. The van der Waals surface area contributed by atoms with Crippen LogP contribution in [-0.4, -0.2) is 104 Å². The summed E-state index contributed by atoms with van der Waals surface area (Å²) in [4.78, 5) is 27.3. The number of hydrogen-bond donors (Lipinski definition) is 0. The van der Waals surface area contributed by atoms with Gasteiger partial charge in [-0.15, -0.1) is 0 Å². The minimum atomic E-state index is -3.54. The number of hydrogen-bond acceptors (Lipinski definition) is 7. The number of thioether (sulfide) groups is 1. The lowest BCUT2D eigenvalue weighted by atomic mass is 10.1. The third kappa shape index (κ3) is 5.66. The van der Waals surface area contributed by atoms with Gasteiger partial charge < -0.3 is 4.74 Å². The average molecular weight is 420 g/mol. The van der Waals surface area contributed by atoms with Gasteiger partial charge in [-0.05, 0) is 18.6 Å². The molecule has 154 valence electrons.